The number of aliphatic hydroxyl groups is 1. The Morgan fingerprint density at radius 2 is 2.29 bits per heavy atom. The van der Waals surface area contributed by atoms with E-state index in [4.69, 9.17) is 5.11 Å². The number of thiophene rings is 1. The smallest absolute Gasteiger partial charge is 0.337 e. The van der Waals surface area contributed by atoms with Crippen LogP contribution in [0, 0.1) is 0 Å². The van der Waals surface area contributed by atoms with Crippen molar-refractivity contribution in [3.05, 3.63) is 17.5 Å². The second kappa shape index (κ2) is 6.04. The van der Waals surface area contributed by atoms with Crippen LogP contribution in [0.3, 0.4) is 0 Å². The fourth-order valence-electron chi connectivity index (χ4n) is 0.880. The van der Waals surface area contributed by atoms with Crippen molar-refractivity contribution >= 4 is 35.0 Å². The highest BCUT2D eigenvalue weighted by Gasteiger charge is 2.30. The minimum absolute atomic E-state index is 0.205. The molecule has 1 amide bonds. The van der Waals surface area contributed by atoms with Crippen LogP contribution in [0.5, 0.6) is 0 Å². The molecule has 94 valence electrons. The molecule has 1 rings (SSSR count). The van der Waals surface area contributed by atoms with Crippen molar-refractivity contribution in [3.8, 4) is 0 Å². The lowest BCUT2D eigenvalue weighted by molar-refractivity contribution is -0.156. The maximum Gasteiger partial charge on any atom is 0.337 e. The SMILES string of the molecule is CC(O)(CNC(=O)CSc1cccs1)C(=O)O. The summed E-state index contributed by atoms with van der Waals surface area (Å²) in [5.74, 6) is -1.45. The molecular weight excluding hydrogens is 262 g/mol. The summed E-state index contributed by atoms with van der Waals surface area (Å²) in [5, 5.41) is 22.3. The minimum atomic E-state index is -1.93. The van der Waals surface area contributed by atoms with Crippen molar-refractivity contribution in [3.63, 3.8) is 0 Å². The first-order chi connectivity index (χ1) is 7.92. The van der Waals surface area contributed by atoms with Crippen LogP contribution in [0.4, 0.5) is 0 Å². The van der Waals surface area contributed by atoms with Gasteiger partial charge in [-0.25, -0.2) is 4.79 Å². The summed E-state index contributed by atoms with van der Waals surface area (Å²) in [6.45, 7) is 0.841. The zero-order valence-electron chi connectivity index (χ0n) is 9.17. The van der Waals surface area contributed by atoms with Crippen LogP contribution in [0.2, 0.25) is 0 Å². The summed E-state index contributed by atoms with van der Waals surface area (Å²) >= 11 is 2.90. The molecule has 0 radical (unpaired) electrons. The summed E-state index contributed by atoms with van der Waals surface area (Å²) in [7, 11) is 0. The number of rotatable bonds is 6. The number of hydrogen-bond acceptors (Lipinski definition) is 5. The van der Waals surface area contributed by atoms with E-state index in [1.165, 1.54) is 23.1 Å². The summed E-state index contributed by atoms with van der Waals surface area (Å²) in [6, 6.07) is 3.79. The lowest BCUT2D eigenvalue weighted by atomic mass is 10.1. The Morgan fingerprint density at radius 3 is 2.82 bits per heavy atom. The van der Waals surface area contributed by atoms with Gasteiger partial charge in [-0.15, -0.1) is 23.1 Å². The fourth-order valence-corrected chi connectivity index (χ4v) is 2.49. The first kappa shape index (κ1) is 14.0. The molecule has 1 unspecified atom stereocenters. The van der Waals surface area contributed by atoms with Gasteiger partial charge in [0.05, 0.1) is 16.5 Å². The van der Waals surface area contributed by atoms with Gasteiger partial charge in [0.2, 0.25) is 5.91 Å². The van der Waals surface area contributed by atoms with Crippen molar-refractivity contribution in [1.29, 1.82) is 0 Å². The molecule has 1 atom stereocenters. The van der Waals surface area contributed by atoms with Gasteiger partial charge in [0, 0.05) is 0 Å². The second-order valence-corrected chi connectivity index (χ2v) is 5.80. The van der Waals surface area contributed by atoms with E-state index in [-0.39, 0.29) is 18.2 Å². The van der Waals surface area contributed by atoms with Gasteiger partial charge in [0.15, 0.2) is 5.60 Å². The summed E-state index contributed by atoms with van der Waals surface area (Å²) in [4.78, 5) is 21.9. The number of nitrogens with one attached hydrogen (secondary N) is 1. The molecule has 0 aliphatic carbocycles. The molecule has 7 heteroatoms. The van der Waals surface area contributed by atoms with Crippen molar-refractivity contribution in [1.82, 2.24) is 5.32 Å². The maximum absolute atomic E-state index is 11.4. The van der Waals surface area contributed by atoms with Gasteiger partial charge in [-0.05, 0) is 18.4 Å². The second-order valence-electron chi connectivity index (χ2n) is 3.58. The number of thioether (sulfide) groups is 1. The van der Waals surface area contributed by atoms with Gasteiger partial charge in [0.25, 0.3) is 0 Å². The maximum atomic E-state index is 11.4. The van der Waals surface area contributed by atoms with Gasteiger partial charge in [-0.2, -0.15) is 0 Å². The quantitative estimate of drug-likeness (QED) is 0.668. The highest BCUT2D eigenvalue weighted by Crippen LogP contribution is 2.22. The normalized spacial score (nSPS) is 14.0. The third-order valence-corrected chi connectivity index (χ3v) is 4.06. The van der Waals surface area contributed by atoms with Gasteiger partial charge >= 0.3 is 5.97 Å². The standard InChI is InChI=1S/C10H13NO4S2/c1-10(15,9(13)14)6-11-7(12)5-17-8-3-2-4-16-8/h2-4,15H,5-6H2,1H3,(H,11,12)(H,13,14). The van der Waals surface area contributed by atoms with Crippen LogP contribution < -0.4 is 5.32 Å². The van der Waals surface area contributed by atoms with E-state index in [1.54, 1.807) is 0 Å². The molecule has 0 saturated heterocycles. The fraction of sp³-hybridized carbons (Fsp3) is 0.400. The van der Waals surface area contributed by atoms with Crippen LogP contribution in [0.1, 0.15) is 6.92 Å². The third-order valence-electron chi connectivity index (χ3n) is 1.93. The van der Waals surface area contributed by atoms with Crippen molar-refractivity contribution < 1.29 is 19.8 Å². The highest BCUT2D eigenvalue weighted by atomic mass is 32.2. The zero-order chi connectivity index (χ0) is 12.9. The molecule has 1 aromatic rings. The molecule has 0 spiro atoms. The third kappa shape index (κ3) is 4.76. The van der Waals surface area contributed by atoms with E-state index >= 15 is 0 Å². The summed E-state index contributed by atoms with van der Waals surface area (Å²) < 4.78 is 1.02. The average Bonchev–Trinajstić information content (AvgIpc) is 2.76. The number of carbonyl (C=O) groups is 2. The minimum Gasteiger partial charge on any atom is -0.479 e. The topological polar surface area (TPSA) is 86.6 Å². The van der Waals surface area contributed by atoms with E-state index in [0.717, 1.165) is 11.1 Å². The lowest BCUT2D eigenvalue weighted by Gasteiger charge is -2.17. The highest BCUT2D eigenvalue weighted by molar-refractivity contribution is 8.01. The van der Waals surface area contributed by atoms with E-state index < -0.39 is 11.6 Å². The summed E-state index contributed by atoms with van der Waals surface area (Å²) in [6.07, 6.45) is 0. The van der Waals surface area contributed by atoms with Crippen LogP contribution >= 0.6 is 23.1 Å². The van der Waals surface area contributed by atoms with Gasteiger partial charge in [0.1, 0.15) is 0 Å². The monoisotopic (exact) mass is 275 g/mol. The Bertz CT molecular complexity index is 389. The molecular formula is C10H13NO4S2. The molecule has 0 bridgehead atoms. The van der Waals surface area contributed by atoms with Crippen LogP contribution in [-0.4, -0.2) is 40.0 Å². The molecule has 0 saturated carbocycles. The van der Waals surface area contributed by atoms with Crippen LogP contribution in [-0.2, 0) is 9.59 Å². The molecule has 5 nitrogen and oxygen atoms in total. The number of aliphatic carboxylic acids is 1. The first-order valence-electron chi connectivity index (χ1n) is 4.80. The number of carboxylic acid groups (broad SMARTS) is 1. The summed E-state index contributed by atoms with van der Waals surface area (Å²) in [5.41, 5.74) is -1.93. The molecule has 17 heavy (non-hydrogen) atoms. The van der Waals surface area contributed by atoms with E-state index in [1.807, 2.05) is 17.5 Å². The van der Waals surface area contributed by atoms with Crippen molar-refractivity contribution in [2.45, 2.75) is 16.7 Å². The van der Waals surface area contributed by atoms with E-state index in [0.29, 0.717) is 0 Å². The van der Waals surface area contributed by atoms with Crippen LogP contribution in [0.15, 0.2) is 21.7 Å². The van der Waals surface area contributed by atoms with Gasteiger partial charge < -0.3 is 15.5 Å². The lowest BCUT2D eigenvalue weighted by Crippen LogP contribution is -2.46. The molecule has 3 N–H and O–H groups in total. The Hall–Kier alpha value is -1.05. The van der Waals surface area contributed by atoms with Crippen molar-refractivity contribution in [2.24, 2.45) is 0 Å². The van der Waals surface area contributed by atoms with Crippen molar-refractivity contribution in [2.75, 3.05) is 12.3 Å². The number of hydrogen-bond donors (Lipinski definition) is 3. The van der Waals surface area contributed by atoms with Gasteiger partial charge in [-0.1, -0.05) is 6.07 Å². The Morgan fingerprint density at radius 1 is 1.59 bits per heavy atom. The molecule has 0 aliphatic heterocycles. The zero-order valence-corrected chi connectivity index (χ0v) is 10.8. The van der Waals surface area contributed by atoms with Crippen LogP contribution in [0.25, 0.3) is 0 Å². The average molecular weight is 275 g/mol. The first-order valence-corrected chi connectivity index (χ1v) is 6.67. The predicted molar refractivity (Wildman–Crippen MR) is 66.3 cm³/mol. The largest absolute Gasteiger partial charge is 0.479 e. The molecule has 0 aliphatic rings. The molecule has 1 aromatic heterocycles. The van der Waals surface area contributed by atoms with E-state index in [2.05, 4.69) is 5.32 Å². The molecule has 0 fully saturated rings. The van der Waals surface area contributed by atoms with Gasteiger partial charge in [-0.3, -0.25) is 4.79 Å². The molecule has 1 heterocycles. The van der Waals surface area contributed by atoms with E-state index in [9.17, 15) is 14.7 Å². The number of amides is 1. The number of carboxylic acids is 1. The Kier molecular flexibility index (Phi) is 4.98. The number of carbonyl (C=O) groups excluding carboxylic acids is 1. The Labute approximate surface area is 107 Å². The molecule has 0 aromatic carbocycles. The predicted octanol–water partition coefficient (Wildman–Crippen LogP) is 0.792. The Balaban J connectivity index is 2.28.